The number of hydrogen-bond acceptors (Lipinski definition) is 4. The first kappa shape index (κ1) is 23.3. The fourth-order valence-corrected chi connectivity index (χ4v) is 5.04. The van der Waals surface area contributed by atoms with Crippen LogP contribution in [-0.2, 0) is 20.6 Å². The molecule has 0 bridgehead atoms. The van der Waals surface area contributed by atoms with E-state index in [1.165, 1.54) is 15.4 Å². The molecule has 0 aliphatic carbocycles. The van der Waals surface area contributed by atoms with E-state index in [0.29, 0.717) is 12.2 Å². The van der Waals surface area contributed by atoms with Crippen LogP contribution in [0.3, 0.4) is 0 Å². The number of benzene rings is 2. The number of nitrogens with zero attached hydrogens (tertiary/aromatic N) is 1. The summed E-state index contributed by atoms with van der Waals surface area (Å²) in [6, 6.07) is 12.3. The molecule has 158 valence electrons. The molecule has 5 nitrogen and oxygen atoms in total. The number of rotatable bonds is 9. The summed E-state index contributed by atoms with van der Waals surface area (Å²) in [5.41, 5.74) is 5.82. The lowest BCUT2D eigenvalue weighted by Gasteiger charge is -2.26. The smallest absolute Gasteiger partial charge is 0.240 e. The first-order valence-electron chi connectivity index (χ1n) is 9.53. The van der Waals surface area contributed by atoms with Gasteiger partial charge in [-0.05, 0) is 44.4 Å². The molecule has 0 atom stereocenters. The number of thioether (sulfide) groups is 1. The van der Waals surface area contributed by atoms with E-state index in [2.05, 4.69) is 36.5 Å². The number of carbonyl (C=O) groups is 1. The molecule has 2 aromatic rings. The Labute approximate surface area is 178 Å². The molecule has 0 radical (unpaired) electrons. The van der Waals surface area contributed by atoms with E-state index < -0.39 is 10.0 Å². The summed E-state index contributed by atoms with van der Waals surface area (Å²) < 4.78 is 25.9. The summed E-state index contributed by atoms with van der Waals surface area (Å²) in [6.45, 7) is 8.05. The molecule has 0 aliphatic rings. The Kier molecular flexibility index (Phi) is 8.16. The molecule has 2 aromatic carbocycles. The minimum Gasteiger partial charge on any atom is -0.354 e. The summed E-state index contributed by atoms with van der Waals surface area (Å²) >= 11 is 1.73. The lowest BCUT2D eigenvalue weighted by molar-refractivity contribution is -0.119. The fraction of sp³-hybridized carbons (Fsp3) is 0.409. The van der Waals surface area contributed by atoms with Crippen molar-refractivity contribution in [3.05, 3.63) is 64.2 Å². The minimum absolute atomic E-state index is 0.216. The van der Waals surface area contributed by atoms with Crippen molar-refractivity contribution in [3.8, 4) is 0 Å². The van der Waals surface area contributed by atoms with Crippen molar-refractivity contribution >= 4 is 33.4 Å². The van der Waals surface area contributed by atoms with Crippen LogP contribution in [0.15, 0.2) is 36.4 Å². The van der Waals surface area contributed by atoms with E-state index in [0.717, 1.165) is 34.5 Å². The van der Waals surface area contributed by atoms with Gasteiger partial charge in [0.1, 0.15) is 6.54 Å². The van der Waals surface area contributed by atoms with Crippen LogP contribution in [0.2, 0.25) is 0 Å². The van der Waals surface area contributed by atoms with Crippen molar-refractivity contribution in [2.24, 2.45) is 0 Å². The highest BCUT2D eigenvalue weighted by molar-refractivity contribution is 7.98. The van der Waals surface area contributed by atoms with Crippen molar-refractivity contribution in [2.45, 2.75) is 33.4 Å². The quantitative estimate of drug-likeness (QED) is 0.611. The molecule has 1 amide bonds. The average molecular weight is 435 g/mol. The van der Waals surface area contributed by atoms with Crippen LogP contribution in [0.25, 0.3) is 0 Å². The second kappa shape index (κ2) is 10.2. The van der Waals surface area contributed by atoms with Gasteiger partial charge >= 0.3 is 0 Å². The molecule has 0 unspecified atom stereocenters. The van der Waals surface area contributed by atoms with Crippen LogP contribution in [0.1, 0.15) is 27.8 Å². The Morgan fingerprint density at radius 2 is 1.59 bits per heavy atom. The number of nitrogens with one attached hydrogen (secondary N) is 1. The van der Waals surface area contributed by atoms with Crippen LogP contribution in [0.4, 0.5) is 5.69 Å². The predicted octanol–water partition coefficient (Wildman–Crippen LogP) is 3.74. The van der Waals surface area contributed by atoms with Gasteiger partial charge in [-0.15, -0.1) is 0 Å². The SMILES string of the molecule is Cc1ccc(CSCCNC(=O)CN(c2c(C)cc(C)cc2C)S(C)(=O)=O)cc1. The Morgan fingerprint density at radius 1 is 1.00 bits per heavy atom. The van der Waals surface area contributed by atoms with Crippen LogP contribution in [0.5, 0.6) is 0 Å². The molecule has 1 N–H and O–H groups in total. The van der Waals surface area contributed by atoms with Crippen LogP contribution < -0.4 is 9.62 Å². The molecule has 0 aliphatic heterocycles. The zero-order valence-electron chi connectivity index (χ0n) is 17.8. The third-order valence-electron chi connectivity index (χ3n) is 4.53. The first-order chi connectivity index (χ1) is 13.6. The monoisotopic (exact) mass is 434 g/mol. The largest absolute Gasteiger partial charge is 0.354 e. The molecular weight excluding hydrogens is 404 g/mol. The van der Waals surface area contributed by atoms with E-state index >= 15 is 0 Å². The van der Waals surface area contributed by atoms with Crippen molar-refractivity contribution in [1.82, 2.24) is 5.32 Å². The highest BCUT2D eigenvalue weighted by Gasteiger charge is 2.24. The van der Waals surface area contributed by atoms with Crippen LogP contribution >= 0.6 is 11.8 Å². The van der Waals surface area contributed by atoms with Crippen molar-refractivity contribution < 1.29 is 13.2 Å². The highest BCUT2D eigenvalue weighted by Crippen LogP contribution is 2.28. The number of hydrogen-bond donors (Lipinski definition) is 1. The Hall–Kier alpha value is -1.99. The van der Waals surface area contributed by atoms with Gasteiger partial charge < -0.3 is 5.32 Å². The number of anilines is 1. The van der Waals surface area contributed by atoms with E-state index in [9.17, 15) is 13.2 Å². The maximum Gasteiger partial charge on any atom is 0.240 e. The molecule has 0 saturated carbocycles. The van der Waals surface area contributed by atoms with E-state index in [1.54, 1.807) is 11.8 Å². The highest BCUT2D eigenvalue weighted by atomic mass is 32.2. The van der Waals surface area contributed by atoms with Gasteiger partial charge in [0, 0.05) is 18.1 Å². The minimum atomic E-state index is -3.58. The van der Waals surface area contributed by atoms with Crippen LogP contribution in [-0.4, -0.2) is 39.4 Å². The first-order valence-corrected chi connectivity index (χ1v) is 12.5. The molecule has 0 heterocycles. The molecular formula is C22H30N2O3S2. The molecule has 0 saturated heterocycles. The second-order valence-electron chi connectivity index (χ2n) is 7.41. The van der Waals surface area contributed by atoms with Crippen LogP contribution in [0, 0.1) is 27.7 Å². The van der Waals surface area contributed by atoms with Gasteiger partial charge in [0.25, 0.3) is 0 Å². The summed E-state index contributed by atoms with van der Waals surface area (Å²) in [6.07, 6.45) is 1.14. The van der Waals surface area contributed by atoms with Crippen molar-refractivity contribution in [1.29, 1.82) is 0 Å². The van der Waals surface area contributed by atoms with Gasteiger partial charge in [-0.1, -0.05) is 47.5 Å². The molecule has 0 spiro atoms. The Morgan fingerprint density at radius 3 is 2.14 bits per heavy atom. The summed E-state index contributed by atoms with van der Waals surface area (Å²) in [5.74, 6) is 1.35. The van der Waals surface area contributed by atoms with Gasteiger partial charge in [0.05, 0.1) is 11.9 Å². The fourth-order valence-electron chi connectivity index (χ4n) is 3.25. The van der Waals surface area contributed by atoms with Gasteiger partial charge in [0.2, 0.25) is 15.9 Å². The summed E-state index contributed by atoms with van der Waals surface area (Å²) in [4.78, 5) is 12.4. The van der Waals surface area contributed by atoms with Gasteiger partial charge in [0.15, 0.2) is 0 Å². The zero-order valence-corrected chi connectivity index (χ0v) is 19.4. The number of sulfonamides is 1. The number of carbonyl (C=O) groups excluding carboxylic acids is 1. The summed E-state index contributed by atoms with van der Waals surface area (Å²) in [7, 11) is -3.58. The molecule has 7 heteroatoms. The summed E-state index contributed by atoms with van der Waals surface area (Å²) in [5, 5.41) is 2.83. The predicted molar refractivity (Wildman–Crippen MR) is 123 cm³/mol. The van der Waals surface area contributed by atoms with Crippen molar-refractivity contribution in [2.75, 3.05) is 29.4 Å². The van der Waals surface area contributed by atoms with Gasteiger partial charge in [-0.25, -0.2) is 8.42 Å². The molecule has 0 aromatic heterocycles. The van der Waals surface area contributed by atoms with Crippen molar-refractivity contribution in [3.63, 3.8) is 0 Å². The second-order valence-corrected chi connectivity index (χ2v) is 10.4. The lowest BCUT2D eigenvalue weighted by Crippen LogP contribution is -2.41. The number of aryl methyl sites for hydroxylation is 4. The number of amides is 1. The zero-order chi connectivity index (χ0) is 21.6. The normalized spacial score (nSPS) is 11.3. The Bertz CT molecular complexity index is 932. The third-order valence-corrected chi connectivity index (χ3v) is 6.67. The molecule has 0 fully saturated rings. The van der Waals surface area contributed by atoms with Gasteiger partial charge in [-0.3, -0.25) is 9.10 Å². The molecule has 29 heavy (non-hydrogen) atoms. The Balaban J connectivity index is 1.91. The van der Waals surface area contributed by atoms with E-state index in [1.807, 2.05) is 32.9 Å². The lowest BCUT2D eigenvalue weighted by atomic mass is 10.1. The van der Waals surface area contributed by atoms with E-state index in [4.69, 9.17) is 0 Å². The third kappa shape index (κ3) is 7.08. The standard InChI is InChI=1S/C22H30N2O3S2/c1-16-6-8-20(9-7-16)15-28-11-10-23-21(25)14-24(29(5,26)27)22-18(3)12-17(2)13-19(22)4/h6-9,12-13H,10-11,14-15H2,1-5H3,(H,23,25). The maximum absolute atomic E-state index is 12.4. The topological polar surface area (TPSA) is 66.5 Å². The van der Waals surface area contributed by atoms with E-state index in [-0.39, 0.29) is 12.5 Å². The average Bonchev–Trinajstić information content (AvgIpc) is 2.60. The molecule has 2 rings (SSSR count). The maximum atomic E-state index is 12.4. The van der Waals surface area contributed by atoms with Gasteiger partial charge in [-0.2, -0.15) is 11.8 Å².